The first-order valence-corrected chi connectivity index (χ1v) is 6.14. The van der Waals surface area contributed by atoms with Gasteiger partial charge in [0, 0.05) is 5.56 Å². The van der Waals surface area contributed by atoms with Crippen molar-refractivity contribution >= 4 is 5.97 Å². The van der Waals surface area contributed by atoms with Crippen LogP contribution in [0.2, 0.25) is 0 Å². The molecule has 0 unspecified atom stereocenters. The van der Waals surface area contributed by atoms with Crippen LogP contribution in [0.3, 0.4) is 0 Å². The summed E-state index contributed by atoms with van der Waals surface area (Å²) < 4.78 is 23.7. The number of rotatable bonds is 4. The van der Waals surface area contributed by atoms with Crippen LogP contribution >= 0.6 is 0 Å². The first-order chi connectivity index (χ1) is 10.2. The van der Waals surface area contributed by atoms with E-state index in [9.17, 15) is 9.18 Å². The van der Waals surface area contributed by atoms with Crippen molar-refractivity contribution in [1.29, 1.82) is 5.26 Å². The van der Waals surface area contributed by atoms with Gasteiger partial charge < -0.3 is 9.47 Å². The molecule has 0 radical (unpaired) electrons. The normalized spacial score (nSPS) is 9.76. The summed E-state index contributed by atoms with van der Waals surface area (Å²) >= 11 is 0. The summed E-state index contributed by atoms with van der Waals surface area (Å²) in [5, 5.41) is 8.68. The molecule has 0 saturated heterocycles. The SMILES string of the molecule is COC(=O)c1ccccc1COc1ccc(C#N)cc1F. The third-order valence-corrected chi connectivity index (χ3v) is 2.87. The minimum atomic E-state index is -0.621. The number of benzene rings is 2. The molecule has 0 heterocycles. The lowest BCUT2D eigenvalue weighted by atomic mass is 10.1. The maximum atomic E-state index is 13.7. The van der Waals surface area contributed by atoms with Gasteiger partial charge in [-0.15, -0.1) is 0 Å². The number of methoxy groups -OCH3 is 1. The molecule has 5 heteroatoms. The first-order valence-electron chi connectivity index (χ1n) is 6.14. The molecule has 0 spiro atoms. The summed E-state index contributed by atoms with van der Waals surface area (Å²) in [7, 11) is 1.29. The Bertz CT molecular complexity index is 707. The third kappa shape index (κ3) is 3.37. The highest BCUT2D eigenvalue weighted by atomic mass is 19.1. The molecule has 0 aliphatic carbocycles. The predicted molar refractivity (Wildman–Crippen MR) is 73.2 cm³/mol. The largest absolute Gasteiger partial charge is 0.486 e. The third-order valence-electron chi connectivity index (χ3n) is 2.87. The number of halogens is 1. The fraction of sp³-hybridized carbons (Fsp3) is 0.125. The molecular formula is C16H12FNO3. The van der Waals surface area contributed by atoms with Crippen molar-refractivity contribution in [3.8, 4) is 11.8 Å². The molecule has 0 aliphatic heterocycles. The second kappa shape index (κ2) is 6.53. The maximum absolute atomic E-state index is 13.7. The van der Waals surface area contributed by atoms with E-state index in [1.54, 1.807) is 24.3 Å². The highest BCUT2D eigenvalue weighted by molar-refractivity contribution is 5.90. The number of esters is 1. The van der Waals surface area contributed by atoms with Gasteiger partial charge >= 0.3 is 5.97 Å². The summed E-state index contributed by atoms with van der Waals surface area (Å²) in [4.78, 5) is 11.6. The molecule has 2 rings (SSSR count). The van der Waals surface area contributed by atoms with Gasteiger partial charge in [-0.3, -0.25) is 0 Å². The Balaban J connectivity index is 2.17. The standard InChI is InChI=1S/C16H12FNO3/c1-20-16(19)13-5-3-2-4-12(13)10-21-15-7-6-11(9-18)8-14(15)17/h2-8H,10H2,1H3. The molecule has 21 heavy (non-hydrogen) atoms. The van der Waals surface area contributed by atoms with E-state index >= 15 is 0 Å². The van der Waals surface area contributed by atoms with Crippen molar-refractivity contribution in [3.63, 3.8) is 0 Å². The zero-order valence-corrected chi connectivity index (χ0v) is 11.3. The number of hydrogen-bond acceptors (Lipinski definition) is 4. The summed E-state index contributed by atoms with van der Waals surface area (Å²) in [6, 6.07) is 12.6. The lowest BCUT2D eigenvalue weighted by Gasteiger charge is -2.10. The lowest BCUT2D eigenvalue weighted by Crippen LogP contribution is -2.08. The Morgan fingerprint density at radius 1 is 1.29 bits per heavy atom. The molecule has 2 aromatic carbocycles. The van der Waals surface area contributed by atoms with E-state index in [2.05, 4.69) is 4.74 Å². The fourth-order valence-corrected chi connectivity index (χ4v) is 1.80. The lowest BCUT2D eigenvalue weighted by molar-refractivity contribution is 0.0597. The van der Waals surface area contributed by atoms with Gasteiger partial charge in [0.25, 0.3) is 0 Å². The van der Waals surface area contributed by atoms with Crippen molar-refractivity contribution < 1.29 is 18.7 Å². The van der Waals surface area contributed by atoms with Crippen LogP contribution in [-0.2, 0) is 11.3 Å². The molecular weight excluding hydrogens is 273 g/mol. The summed E-state index contributed by atoms with van der Waals surface area (Å²) in [5.74, 6) is -1.08. The van der Waals surface area contributed by atoms with Gasteiger partial charge in [-0.1, -0.05) is 18.2 Å². The zero-order chi connectivity index (χ0) is 15.2. The summed E-state index contributed by atoms with van der Waals surface area (Å²) in [5.41, 5.74) is 1.18. The minimum Gasteiger partial charge on any atom is -0.486 e. The van der Waals surface area contributed by atoms with E-state index in [4.69, 9.17) is 10.00 Å². The van der Waals surface area contributed by atoms with Crippen molar-refractivity contribution in [2.75, 3.05) is 7.11 Å². The van der Waals surface area contributed by atoms with Gasteiger partial charge in [-0.05, 0) is 24.3 Å². The van der Waals surface area contributed by atoms with E-state index in [0.29, 0.717) is 11.1 Å². The molecule has 0 N–H and O–H groups in total. The molecule has 0 aromatic heterocycles. The van der Waals surface area contributed by atoms with E-state index in [-0.39, 0.29) is 17.9 Å². The average Bonchev–Trinajstić information content (AvgIpc) is 2.53. The number of ether oxygens (including phenoxy) is 2. The molecule has 0 aliphatic rings. The highest BCUT2D eigenvalue weighted by Gasteiger charge is 2.12. The summed E-state index contributed by atoms with van der Waals surface area (Å²) in [6.45, 7) is 0.0219. The Kier molecular flexibility index (Phi) is 4.52. The number of nitrogens with zero attached hydrogens (tertiary/aromatic N) is 1. The van der Waals surface area contributed by atoms with Crippen LogP contribution < -0.4 is 4.74 Å². The second-order valence-corrected chi connectivity index (χ2v) is 4.19. The Labute approximate surface area is 121 Å². The van der Waals surface area contributed by atoms with Crippen LogP contribution in [0.5, 0.6) is 5.75 Å². The second-order valence-electron chi connectivity index (χ2n) is 4.19. The smallest absolute Gasteiger partial charge is 0.338 e. The first kappa shape index (κ1) is 14.5. The molecule has 2 aromatic rings. The average molecular weight is 285 g/mol. The molecule has 0 fully saturated rings. The van der Waals surface area contributed by atoms with E-state index in [0.717, 1.165) is 6.07 Å². The monoisotopic (exact) mass is 285 g/mol. The summed E-state index contributed by atoms with van der Waals surface area (Å²) in [6.07, 6.45) is 0. The van der Waals surface area contributed by atoms with E-state index in [1.807, 2.05) is 6.07 Å². The molecule has 0 saturated carbocycles. The molecule has 0 bridgehead atoms. The van der Waals surface area contributed by atoms with E-state index in [1.165, 1.54) is 19.2 Å². The molecule has 0 atom stereocenters. The quantitative estimate of drug-likeness (QED) is 0.810. The van der Waals surface area contributed by atoms with Crippen LogP contribution in [0, 0.1) is 17.1 Å². The number of nitriles is 1. The van der Waals surface area contributed by atoms with Crippen LogP contribution in [0.25, 0.3) is 0 Å². The van der Waals surface area contributed by atoms with Gasteiger partial charge in [0.15, 0.2) is 11.6 Å². The Morgan fingerprint density at radius 2 is 2.05 bits per heavy atom. The maximum Gasteiger partial charge on any atom is 0.338 e. The van der Waals surface area contributed by atoms with Crippen LogP contribution in [-0.4, -0.2) is 13.1 Å². The van der Waals surface area contributed by atoms with Crippen molar-refractivity contribution in [2.24, 2.45) is 0 Å². The van der Waals surface area contributed by atoms with Crippen molar-refractivity contribution in [2.45, 2.75) is 6.61 Å². The van der Waals surface area contributed by atoms with Gasteiger partial charge in [-0.25, -0.2) is 9.18 Å². The molecule has 4 nitrogen and oxygen atoms in total. The van der Waals surface area contributed by atoms with Gasteiger partial charge in [0.2, 0.25) is 0 Å². The number of carbonyl (C=O) groups excluding carboxylic acids is 1. The zero-order valence-electron chi connectivity index (χ0n) is 11.3. The van der Waals surface area contributed by atoms with Crippen LogP contribution in [0.4, 0.5) is 4.39 Å². The van der Waals surface area contributed by atoms with E-state index < -0.39 is 11.8 Å². The van der Waals surface area contributed by atoms with Crippen LogP contribution in [0.15, 0.2) is 42.5 Å². The topological polar surface area (TPSA) is 59.3 Å². The van der Waals surface area contributed by atoms with Crippen molar-refractivity contribution in [3.05, 3.63) is 65.0 Å². The van der Waals surface area contributed by atoms with Crippen molar-refractivity contribution in [1.82, 2.24) is 0 Å². The minimum absolute atomic E-state index is 0.0219. The molecule has 0 amide bonds. The Morgan fingerprint density at radius 3 is 2.71 bits per heavy atom. The fourth-order valence-electron chi connectivity index (χ4n) is 1.80. The van der Waals surface area contributed by atoms with Gasteiger partial charge in [0.1, 0.15) is 6.61 Å². The molecule has 106 valence electrons. The number of carbonyl (C=O) groups is 1. The Hall–Kier alpha value is -2.87. The number of hydrogen-bond donors (Lipinski definition) is 0. The van der Waals surface area contributed by atoms with Gasteiger partial charge in [0.05, 0.1) is 24.3 Å². The van der Waals surface area contributed by atoms with Crippen LogP contribution in [0.1, 0.15) is 21.5 Å². The highest BCUT2D eigenvalue weighted by Crippen LogP contribution is 2.20. The van der Waals surface area contributed by atoms with Gasteiger partial charge in [-0.2, -0.15) is 5.26 Å². The predicted octanol–water partition coefficient (Wildman–Crippen LogP) is 3.06.